The third-order valence-corrected chi connectivity index (χ3v) is 6.32. The molecule has 1 aromatic carbocycles. The molecular weight excluding hydrogens is 347 g/mol. The fraction of sp³-hybridized carbons (Fsp3) is 0.500. The van der Waals surface area contributed by atoms with Crippen LogP contribution in [0.1, 0.15) is 24.7 Å². The summed E-state index contributed by atoms with van der Waals surface area (Å²) in [7, 11) is -2.03. The summed E-state index contributed by atoms with van der Waals surface area (Å²) in [5.74, 6) is 0.288. The van der Waals surface area contributed by atoms with Crippen molar-refractivity contribution in [2.24, 2.45) is 0 Å². The molecule has 0 amide bonds. The Labute approximate surface area is 146 Å². The molecule has 9 heteroatoms. The van der Waals surface area contributed by atoms with Crippen LogP contribution < -0.4 is 0 Å². The molecule has 0 bridgehead atoms. The zero-order valence-electron chi connectivity index (χ0n) is 14.0. The fourth-order valence-corrected chi connectivity index (χ4v) is 4.58. The molecule has 0 saturated carbocycles. The molecule has 1 aromatic heterocycles. The monoisotopic (exact) mass is 368 g/mol. The van der Waals surface area contributed by atoms with Gasteiger partial charge in [-0.15, -0.1) is 10.2 Å². The maximum Gasteiger partial charge on any atom is 0.243 e. The summed E-state index contributed by atoms with van der Waals surface area (Å²) in [6.07, 6.45) is 3.67. The van der Waals surface area contributed by atoms with Crippen molar-refractivity contribution < 1.29 is 17.5 Å². The summed E-state index contributed by atoms with van der Waals surface area (Å²) in [6.45, 7) is 1.32. The van der Waals surface area contributed by atoms with Crippen LogP contribution in [0, 0.1) is 5.82 Å². The molecule has 1 aliphatic rings. The van der Waals surface area contributed by atoms with Crippen molar-refractivity contribution in [1.29, 1.82) is 0 Å². The van der Waals surface area contributed by atoms with Gasteiger partial charge < -0.3 is 9.30 Å². The minimum Gasteiger partial charge on any atom is -0.384 e. The molecule has 2 heterocycles. The number of nitrogens with zero attached hydrogens (tertiary/aromatic N) is 4. The molecule has 0 unspecified atom stereocenters. The van der Waals surface area contributed by atoms with Gasteiger partial charge in [0.25, 0.3) is 0 Å². The van der Waals surface area contributed by atoms with E-state index in [1.807, 2.05) is 4.57 Å². The van der Waals surface area contributed by atoms with Gasteiger partial charge in [-0.1, -0.05) is 6.07 Å². The summed E-state index contributed by atoms with van der Waals surface area (Å²) < 4.78 is 47.2. The Morgan fingerprint density at radius 1 is 1.32 bits per heavy atom. The van der Waals surface area contributed by atoms with Gasteiger partial charge >= 0.3 is 0 Å². The molecule has 0 atom stereocenters. The molecule has 0 spiro atoms. The van der Waals surface area contributed by atoms with E-state index in [1.165, 1.54) is 22.5 Å². The molecule has 0 N–H and O–H groups in total. The summed E-state index contributed by atoms with van der Waals surface area (Å²) >= 11 is 0. The minimum absolute atomic E-state index is 0.00367. The number of sulfonamides is 1. The van der Waals surface area contributed by atoms with Crippen molar-refractivity contribution >= 4 is 10.0 Å². The van der Waals surface area contributed by atoms with Crippen LogP contribution in [-0.4, -0.2) is 54.3 Å². The molecule has 1 saturated heterocycles. The Kier molecular flexibility index (Phi) is 5.45. The van der Waals surface area contributed by atoms with Gasteiger partial charge in [0.15, 0.2) is 0 Å². The minimum atomic E-state index is -3.67. The van der Waals surface area contributed by atoms with E-state index in [2.05, 4.69) is 10.2 Å². The van der Waals surface area contributed by atoms with Crippen LogP contribution in [0.15, 0.2) is 35.5 Å². The van der Waals surface area contributed by atoms with E-state index in [0.717, 1.165) is 11.9 Å². The van der Waals surface area contributed by atoms with Gasteiger partial charge in [-0.05, 0) is 31.0 Å². The molecule has 136 valence electrons. The first-order chi connectivity index (χ1) is 12.0. The normalized spacial score (nSPS) is 17.0. The Balaban J connectivity index is 1.69. The molecular formula is C16H21FN4O3S. The standard InChI is InChI=1S/C16H21FN4O3S/c1-24-10-7-16-19-18-12-21(16)14-5-8-20(9-6-14)25(22,23)15-4-2-3-13(17)11-15/h2-4,11-12,14H,5-10H2,1H3. The summed E-state index contributed by atoms with van der Waals surface area (Å²) in [6, 6.07) is 5.28. The number of piperidine rings is 1. The van der Waals surface area contributed by atoms with Gasteiger partial charge in [0.1, 0.15) is 18.0 Å². The first kappa shape index (κ1) is 18.0. The number of benzene rings is 1. The average molecular weight is 368 g/mol. The van der Waals surface area contributed by atoms with Crippen molar-refractivity contribution in [3.8, 4) is 0 Å². The number of aromatic nitrogens is 3. The maximum absolute atomic E-state index is 13.3. The van der Waals surface area contributed by atoms with E-state index in [1.54, 1.807) is 13.4 Å². The van der Waals surface area contributed by atoms with Gasteiger partial charge in [0.2, 0.25) is 10.0 Å². The van der Waals surface area contributed by atoms with Gasteiger partial charge in [0.05, 0.1) is 11.5 Å². The zero-order chi connectivity index (χ0) is 17.9. The van der Waals surface area contributed by atoms with E-state index in [-0.39, 0.29) is 10.9 Å². The average Bonchev–Trinajstić information content (AvgIpc) is 3.08. The first-order valence-electron chi connectivity index (χ1n) is 8.15. The van der Waals surface area contributed by atoms with Crippen LogP contribution in [0.4, 0.5) is 4.39 Å². The van der Waals surface area contributed by atoms with Crippen LogP contribution >= 0.6 is 0 Å². The predicted molar refractivity (Wildman–Crippen MR) is 89.0 cm³/mol. The van der Waals surface area contributed by atoms with Gasteiger partial charge in [-0.2, -0.15) is 4.31 Å². The van der Waals surface area contributed by atoms with Crippen LogP contribution in [-0.2, 0) is 21.2 Å². The Morgan fingerprint density at radius 3 is 2.76 bits per heavy atom. The molecule has 2 aromatic rings. The van der Waals surface area contributed by atoms with E-state index < -0.39 is 15.8 Å². The molecule has 3 rings (SSSR count). The van der Waals surface area contributed by atoms with Gasteiger partial charge in [0, 0.05) is 32.7 Å². The molecule has 7 nitrogen and oxygen atoms in total. The number of methoxy groups -OCH3 is 1. The quantitative estimate of drug-likeness (QED) is 0.775. The van der Waals surface area contributed by atoms with Gasteiger partial charge in [-0.25, -0.2) is 12.8 Å². The molecule has 1 fully saturated rings. The highest BCUT2D eigenvalue weighted by Crippen LogP contribution is 2.27. The van der Waals surface area contributed by atoms with E-state index in [4.69, 9.17) is 4.74 Å². The van der Waals surface area contributed by atoms with Crippen molar-refractivity contribution in [2.75, 3.05) is 26.8 Å². The lowest BCUT2D eigenvalue weighted by atomic mass is 10.1. The highest BCUT2D eigenvalue weighted by atomic mass is 32.2. The number of hydrogen-bond donors (Lipinski definition) is 0. The fourth-order valence-electron chi connectivity index (χ4n) is 3.08. The SMILES string of the molecule is COCCc1nncn1C1CCN(S(=O)(=O)c2cccc(F)c2)CC1. The predicted octanol–water partition coefficient (Wildman–Crippen LogP) is 1.63. The number of hydrogen-bond acceptors (Lipinski definition) is 5. The largest absolute Gasteiger partial charge is 0.384 e. The first-order valence-corrected chi connectivity index (χ1v) is 9.59. The lowest BCUT2D eigenvalue weighted by Crippen LogP contribution is -2.39. The number of halogens is 1. The Morgan fingerprint density at radius 2 is 2.08 bits per heavy atom. The van der Waals surface area contributed by atoms with Crippen molar-refractivity contribution in [2.45, 2.75) is 30.2 Å². The van der Waals surface area contributed by atoms with E-state index in [0.29, 0.717) is 39.0 Å². The summed E-state index contributed by atoms with van der Waals surface area (Å²) in [4.78, 5) is -0.00367. The van der Waals surface area contributed by atoms with E-state index in [9.17, 15) is 12.8 Å². The van der Waals surface area contributed by atoms with Crippen LogP contribution in [0.5, 0.6) is 0 Å². The topological polar surface area (TPSA) is 77.3 Å². The maximum atomic E-state index is 13.3. The summed E-state index contributed by atoms with van der Waals surface area (Å²) in [5, 5.41) is 8.07. The third kappa shape index (κ3) is 3.88. The third-order valence-electron chi connectivity index (χ3n) is 4.43. The van der Waals surface area contributed by atoms with E-state index >= 15 is 0 Å². The van der Waals surface area contributed by atoms with Crippen LogP contribution in [0.3, 0.4) is 0 Å². The zero-order valence-corrected chi connectivity index (χ0v) is 14.8. The Hall–Kier alpha value is -1.84. The Bertz CT molecular complexity index is 816. The second kappa shape index (κ2) is 7.59. The lowest BCUT2D eigenvalue weighted by Gasteiger charge is -2.32. The highest BCUT2D eigenvalue weighted by Gasteiger charge is 2.30. The highest BCUT2D eigenvalue weighted by molar-refractivity contribution is 7.89. The van der Waals surface area contributed by atoms with Gasteiger partial charge in [-0.3, -0.25) is 0 Å². The second-order valence-electron chi connectivity index (χ2n) is 5.99. The van der Waals surface area contributed by atoms with Crippen LogP contribution in [0.2, 0.25) is 0 Å². The van der Waals surface area contributed by atoms with Crippen molar-refractivity contribution in [1.82, 2.24) is 19.1 Å². The molecule has 0 radical (unpaired) electrons. The second-order valence-corrected chi connectivity index (χ2v) is 7.93. The number of rotatable bonds is 6. The smallest absolute Gasteiger partial charge is 0.243 e. The summed E-state index contributed by atoms with van der Waals surface area (Å²) in [5.41, 5.74) is 0. The lowest BCUT2D eigenvalue weighted by molar-refractivity contribution is 0.197. The van der Waals surface area contributed by atoms with Crippen molar-refractivity contribution in [3.63, 3.8) is 0 Å². The van der Waals surface area contributed by atoms with Crippen LogP contribution in [0.25, 0.3) is 0 Å². The molecule has 1 aliphatic heterocycles. The number of ether oxygens (including phenoxy) is 1. The molecule has 0 aliphatic carbocycles. The van der Waals surface area contributed by atoms with Crippen molar-refractivity contribution in [3.05, 3.63) is 42.2 Å². The molecule has 25 heavy (non-hydrogen) atoms.